The summed E-state index contributed by atoms with van der Waals surface area (Å²) in [5.74, 6) is -0.599. The highest BCUT2D eigenvalue weighted by Crippen LogP contribution is 2.46. The van der Waals surface area contributed by atoms with E-state index in [1.165, 1.54) is 0 Å². The van der Waals surface area contributed by atoms with Gasteiger partial charge in [-0.1, -0.05) is 34.6 Å². The first-order valence-corrected chi connectivity index (χ1v) is 15.1. The molecule has 0 unspecified atom stereocenters. The van der Waals surface area contributed by atoms with Crippen LogP contribution in [-0.4, -0.2) is 81.8 Å². The molecule has 0 aromatic carbocycles. The Hall–Kier alpha value is -2.86. The molecule has 1 amide bonds. The van der Waals surface area contributed by atoms with Gasteiger partial charge in [0.2, 0.25) is 0 Å². The Balaban J connectivity index is 1.60. The third-order valence-corrected chi connectivity index (χ3v) is 9.12. The summed E-state index contributed by atoms with van der Waals surface area (Å²) in [4.78, 5) is 33.9. The number of hydrogen-bond acceptors (Lipinski definition) is 7. The van der Waals surface area contributed by atoms with Gasteiger partial charge in [-0.05, 0) is 59.9 Å². The van der Waals surface area contributed by atoms with Crippen molar-refractivity contribution in [2.24, 2.45) is 5.41 Å². The summed E-state index contributed by atoms with van der Waals surface area (Å²) in [5.41, 5.74) is -1.24. The summed E-state index contributed by atoms with van der Waals surface area (Å²) in [6.07, 6.45) is -1.59. The average Bonchev–Trinajstić information content (AvgIpc) is 3.22. The van der Waals surface area contributed by atoms with E-state index in [0.29, 0.717) is 37.4 Å². The summed E-state index contributed by atoms with van der Waals surface area (Å²) in [5, 5.41) is 10.8. The molecule has 12 heteroatoms. The molecule has 0 saturated carbocycles. The molecule has 0 bridgehead atoms. The van der Waals surface area contributed by atoms with Crippen LogP contribution in [0.1, 0.15) is 100 Å². The molecule has 0 radical (unpaired) electrons. The number of carbonyl (C=O) groups is 2. The zero-order chi connectivity index (χ0) is 32.2. The Bertz CT molecular complexity index is 1470. The zero-order valence-electron chi connectivity index (χ0n) is 27.6. The lowest BCUT2D eigenvalue weighted by molar-refractivity contribution is -0.0456. The Kier molecular flexibility index (Phi) is 7.03. The molecule has 5 rings (SSSR count). The van der Waals surface area contributed by atoms with Crippen LogP contribution in [-0.2, 0) is 19.5 Å². The summed E-state index contributed by atoms with van der Waals surface area (Å²) >= 11 is 0. The molecule has 3 aliphatic heterocycles. The maximum absolute atomic E-state index is 16.9. The van der Waals surface area contributed by atoms with Crippen LogP contribution in [0.4, 0.5) is 19.8 Å². The molecule has 10 nitrogen and oxygen atoms in total. The van der Waals surface area contributed by atoms with Gasteiger partial charge >= 0.3 is 19.3 Å². The number of likely N-dealkylation sites (tertiary alicyclic amines) is 1. The first-order valence-electron chi connectivity index (χ1n) is 15.1. The van der Waals surface area contributed by atoms with Crippen LogP contribution in [0.5, 0.6) is 0 Å². The minimum atomic E-state index is -1.25. The normalized spacial score (nSPS) is 21.0. The number of nitrogens with zero attached hydrogens (tertiary/aromatic N) is 4. The molecule has 3 aliphatic rings. The van der Waals surface area contributed by atoms with Crippen molar-refractivity contribution in [1.29, 1.82) is 0 Å². The highest BCUT2D eigenvalue weighted by atomic mass is 19.1. The van der Waals surface area contributed by atoms with E-state index in [1.807, 2.05) is 88.0 Å². The topological polar surface area (TPSA) is 106 Å². The van der Waals surface area contributed by atoms with E-state index in [9.17, 15) is 14.7 Å². The summed E-state index contributed by atoms with van der Waals surface area (Å²) in [6.45, 7) is 24.9. The molecule has 2 aromatic heterocycles. The molecule has 1 spiro atoms. The van der Waals surface area contributed by atoms with Crippen molar-refractivity contribution in [3.05, 3.63) is 17.1 Å². The fourth-order valence-electron chi connectivity index (χ4n) is 6.41. The van der Waals surface area contributed by atoms with E-state index < -0.39 is 41.2 Å². The highest BCUT2D eigenvalue weighted by molar-refractivity contribution is 6.63. The summed E-state index contributed by atoms with van der Waals surface area (Å²) in [7, 11) is -1.01. The zero-order valence-corrected chi connectivity index (χ0v) is 27.6. The monoisotopic (exact) mass is 600 g/mol. The first kappa shape index (κ1) is 31.6. The fourth-order valence-corrected chi connectivity index (χ4v) is 6.41. The van der Waals surface area contributed by atoms with Crippen molar-refractivity contribution in [3.8, 4) is 0 Å². The Morgan fingerprint density at radius 3 is 1.98 bits per heavy atom. The molecular formula is C31H46BFN4O6. The minimum Gasteiger partial charge on any atom is -0.464 e. The van der Waals surface area contributed by atoms with Gasteiger partial charge in [-0.2, -0.15) is 0 Å². The quantitative estimate of drug-likeness (QED) is 0.462. The van der Waals surface area contributed by atoms with Crippen molar-refractivity contribution >= 4 is 41.6 Å². The largest absolute Gasteiger partial charge is 0.513 e. The molecule has 5 heterocycles. The number of fused-ring (bicyclic) bond motifs is 1. The van der Waals surface area contributed by atoms with Gasteiger partial charge in [-0.3, -0.25) is 4.57 Å². The lowest BCUT2D eigenvalue weighted by Crippen LogP contribution is -2.73. The second kappa shape index (κ2) is 9.57. The van der Waals surface area contributed by atoms with Crippen molar-refractivity contribution in [2.45, 2.75) is 111 Å². The van der Waals surface area contributed by atoms with Gasteiger partial charge in [0.25, 0.3) is 0 Å². The predicted octanol–water partition coefficient (Wildman–Crippen LogP) is 5.48. The molecule has 3 fully saturated rings. The smallest absolute Gasteiger partial charge is 0.464 e. The third kappa shape index (κ3) is 5.08. The number of ether oxygens (including phenoxy) is 1. The number of anilines is 1. The summed E-state index contributed by atoms with van der Waals surface area (Å²) < 4.78 is 36.2. The number of hydrogen-bond donors (Lipinski definition) is 1. The van der Waals surface area contributed by atoms with Gasteiger partial charge in [-0.25, -0.2) is 19.0 Å². The van der Waals surface area contributed by atoms with Gasteiger partial charge in [0.15, 0.2) is 11.6 Å². The van der Waals surface area contributed by atoms with Crippen LogP contribution in [0.3, 0.4) is 0 Å². The molecular weight excluding hydrogens is 554 g/mol. The second-order valence-corrected chi connectivity index (χ2v) is 15.9. The van der Waals surface area contributed by atoms with Crippen LogP contribution in [0.25, 0.3) is 10.9 Å². The number of rotatable bonds is 3. The van der Waals surface area contributed by atoms with Crippen molar-refractivity contribution in [2.75, 3.05) is 31.1 Å². The maximum atomic E-state index is 16.9. The van der Waals surface area contributed by atoms with Crippen molar-refractivity contribution in [1.82, 2.24) is 14.5 Å². The first-order chi connectivity index (χ1) is 19.5. The number of halogens is 1. The number of amides is 1. The van der Waals surface area contributed by atoms with E-state index in [2.05, 4.69) is 0 Å². The van der Waals surface area contributed by atoms with Crippen LogP contribution in [0.2, 0.25) is 0 Å². The molecule has 2 aromatic rings. The van der Waals surface area contributed by atoms with E-state index in [0.717, 1.165) is 4.57 Å². The average molecular weight is 601 g/mol. The third-order valence-electron chi connectivity index (χ3n) is 9.12. The minimum absolute atomic E-state index is 0.149. The van der Waals surface area contributed by atoms with Gasteiger partial charge in [-0.15, -0.1) is 0 Å². The SMILES string of the molecule is CC(C)c1c(B2OC(C)(C)C(C)(C)O2)n(C(=O)O)c2c(C(C)(C)C)nc(N3CC4(CN(C(=O)OC(C)(C)C)C4)C3)c(F)c12. The predicted molar refractivity (Wildman–Crippen MR) is 164 cm³/mol. The van der Waals surface area contributed by atoms with Crippen LogP contribution >= 0.6 is 0 Å². The van der Waals surface area contributed by atoms with Crippen molar-refractivity contribution in [3.63, 3.8) is 0 Å². The number of pyridine rings is 1. The molecule has 1 N–H and O–H groups in total. The fraction of sp³-hybridized carbons (Fsp3) is 0.710. The van der Waals surface area contributed by atoms with Crippen molar-refractivity contribution < 1.29 is 33.1 Å². The number of aromatic nitrogens is 2. The highest BCUT2D eigenvalue weighted by Gasteiger charge is 2.56. The molecule has 0 atom stereocenters. The molecule has 0 aliphatic carbocycles. The van der Waals surface area contributed by atoms with Gasteiger partial charge in [0.05, 0.1) is 28.0 Å². The molecule has 43 heavy (non-hydrogen) atoms. The lowest BCUT2D eigenvalue weighted by atomic mass is 9.73. The van der Waals surface area contributed by atoms with E-state index >= 15 is 4.39 Å². The van der Waals surface area contributed by atoms with E-state index in [4.69, 9.17) is 19.0 Å². The van der Waals surface area contributed by atoms with Gasteiger partial charge in [0.1, 0.15) is 5.60 Å². The Morgan fingerprint density at radius 2 is 1.53 bits per heavy atom. The summed E-state index contributed by atoms with van der Waals surface area (Å²) in [6, 6.07) is 0. The van der Waals surface area contributed by atoms with E-state index in [-0.39, 0.29) is 39.7 Å². The van der Waals surface area contributed by atoms with Crippen LogP contribution < -0.4 is 10.5 Å². The lowest BCUT2D eigenvalue weighted by Gasteiger charge is -2.60. The van der Waals surface area contributed by atoms with E-state index in [1.54, 1.807) is 4.90 Å². The Labute approximate surface area is 254 Å². The van der Waals surface area contributed by atoms with Crippen LogP contribution in [0.15, 0.2) is 0 Å². The molecule has 236 valence electrons. The Morgan fingerprint density at radius 1 is 1.00 bits per heavy atom. The van der Waals surface area contributed by atoms with Crippen LogP contribution in [0, 0.1) is 11.2 Å². The standard InChI is InChI=1S/C31H46BFN4O6/c1-17(2)18-19-20(33)24(35-13-31(14-35)15-36(16-31)26(40)41-28(6,7)8)34-22(27(3,4)5)21(19)37(25(38)39)23(18)32-42-29(9,10)30(11,12)43-32/h17H,13-16H2,1-12H3,(H,38,39). The maximum Gasteiger partial charge on any atom is 0.513 e. The second-order valence-electron chi connectivity index (χ2n) is 15.9. The number of carbonyl (C=O) groups excluding carboxylic acids is 1. The number of carboxylic acid groups (broad SMARTS) is 1. The van der Waals surface area contributed by atoms with Gasteiger partial charge < -0.3 is 29.0 Å². The molecule has 3 saturated heterocycles. The van der Waals surface area contributed by atoms with Gasteiger partial charge in [0, 0.05) is 42.4 Å².